The summed E-state index contributed by atoms with van der Waals surface area (Å²) in [6, 6.07) is 5.19. The van der Waals surface area contributed by atoms with Crippen molar-refractivity contribution in [2.75, 3.05) is 25.5 Å². The molecule has 1 unspecified atom stereocenters. The van der Waals surface area contributed by atoms with E-state index in [9.17, 15) is 13.2 Å². The minimum atomic E-state index is -4.43. The van der Waals surface area contributed by atoms with E-state index in [0.29, 0.717) is 23.5 Å². The molecule has 0 aliphatic rings. The molecule has 0 spiro atoms. The molecule has 10 heteroatoms. The molecule has 0 aliphatic heterocycles. The Morgan fingerprint density at radius 1 is 1.24 bits per heavy atom. The summed E-state index contributed by atoms with van der Waals surface area (Å²) in [6.07, 6.45) is -0.583. The number of nitrogens with one attached hydrogen (secondary N) is 2. The Morgan fingerprint density at radius 2 is 1.97 bits per heavy atom. The predicted molar refractivity (Wildman–Crippen MR) is 107 cm³/mol. The second-order valence-electron chi connectivity index (χ2n) is 6.46. The summed E-state index contributed by atoms with van der Waals surface area (Å²) >= 11 is 6.33. The predicted octanol–water partition coefficient (Wildman–Crippen LogP) is 4.40. The van der Waals surface area contributed by atoms with Crippen molar-refractivity contribution >= 4 is 23.2 Å². The van der Waals surface area contributed by atoms with E-state index >= 15 is 0 Å². The van der Waals surface area contributed by atoms with Gasteiger partial charge in [0.15, 0.2) is 0 Å². The standard InChI is InChI=1S/C19H21ClF3N5O/c1-12(19(21,22)23)26-17-15(16(20)27-18-25-9-10-28(17)18)13-4-6-14(7-5-13)29-11-3-8-24-2/h4-7,9-10,12,24,26H,3,8,11H2,1-2H3. The summed E-state index contributed by atoms with van der Waals surface area (Å²) < 4.78 is 46.6. The first-order chi connectivity index (χ1) is 13.8. The highest BCUT2D eigenvalue weighted by Crippen LogP contribution is 2.36. The average molecular weight is 428 g/mol. The van der Waals surface area contributed by atoms with E-state index in [0.717, 1.165) is 19.9 Å². The molecule has 3 rings (SSSR count). The van der Waals surface area contributed by atoms with Gasteiger partial charge in [0.1, 0.15) is 22.8 Å². The lowest BCUT2D eigenvalue weighted by molar-refractivity contribution is -0.138. The zero-order valence-electron chi connectivity index (χ0n) is 15.9. The van der Waals surface area contributed by atoms with Crippen LogP contribution in [-0.4, -0.2) is 46.8 Å². The molecule has 29 heavy (non-hydrogen) atoms. The van der Waals surface area contributed by atoms with Gasteiger partial charge in [0.2, 0.25) is 5.78 Å². The van der Waals surface area contributed by atoms with Gasteiger partial charge in [-0.15, -0.1) is 0 Å². The smallest absolute Gasteiger partial charge is 0.408 e. The highest BCUT2D eigenvalue weighted by Gasteiger charge is 2.37. The van der Waals surface area contributed by atoms with Crippen molar-refractivity contribution in [2.45, 2.75) is 25.6 Å². The number of nitrogens with zero attached hydrogens (tertiary/aromatic N) is 3. The Kier molecular flexibility index (Phi) is 6.49. The minimum absolute atomic E-state index is 0.0586. The van der Waals surface area contributed by atoms with Crippen molar-refractivity contribution in [3.8, 4) is 16.9 Å². The fourth-order valence-corrected chi connectivity index (χ4v) is 3.03. The summed E-state index contributed by atoms with van der Waals surface area (Å²) in [6.45, 7) is 2.44. The monoisotopic (exact) mass is 427 g/mol. The van der Waals surface area contributed by atoms with Crippen LogP contribution in [0.5, 0.6) is 5.75 Å². The van der Waals surface area contributed by atoms with Gasteiger partial charge in [-0.25, -0.2) is 4.98 Å². The maximum atomic E-state index is 13.2. The first-order valence-corrected chi connectivity index (χ1v) is 9.42. The SMILES string of the molecule is CNCCCOc1ccc(-c2c(Cl)nc3nccn3c2NC(C)C(F)(F)F)cc1. The zero-order valence-corrected chi connectivity index (χ0v) is 16.7. The van der Waals surface area contributed by atoms with E-state index in [-0.39, 0.29) is 16.7 Å². The Morgan fingerprint density at radius 3 is 2.62 bits per heavy atom. The van der Waals surface area contributed by atoms with Gasteiger partial charge >= 0.3 is 6.18 Å². The number of imidazole rings is 1. The van der Waals surface area contributed by atoms with E-state index < -0.39 is 12.2 Å². The molecule has 2 aromatic heterocycles. The molecule has 0 saturated carbocycles. The van der Waals surface area contributed by atoms with E-state index in [1.54, 1.807) is 24.3 Å². The first kappa shape index (κ1) is 21.2. The molecular formula is C19H21ClF3N5O. The van der Waals surface area contributed by atoms with Crippen LogP contribution in [0.2, 0.25) is 5.15 Å². The second-order valence-corrected chi connectivity index (χ2v) is 6.82. The number of hydrogen-bond donors (Lipinski definition) is 2. The summed E-state index contributed by atoms with van der Waals surface area (Å²) in [5.74, 6) is 1.04. The normalized spacial score (nSPS) is 12.9. The number of aromatic nitrogens is 3. The van der Waals surface area contributed by atoms with Gasteiger partial charge in [0.05, 0.1) is 12.2 Å². The third-order valence-corrected chi connectivity index (χ3v) is 4.60. The summed E-state index contributed by atoms with van der Waals surface area (Å²) in [4.78, 5) is 8.22. The van der Waals surface area contributed by atoms with Gasteiger partial charge in [-0.05, 0) is 44.6 Å². The highest BCUT2D eigenvalue weighted by molar-refractivity contribution is 6.33. The summed E-state index contributed by atoms with van der Waals surface area (Å²) in [5.41, 5.74) is 0.965. The van der Waals surface area contributed by atoms with Crippen molar-refractivity contribution < 1.29 is 17.9 Å². The number of rotatable bonds is 8. The van der Waals surface area contributed by atoms with Crippen molar-refractivity contribution in [3.63, 3.8) is 0 Å². The Hall–Kier alpha value is -2.52. The number of alkyl halides is 3. The maximum Gasteiger partial charge on any atom is 0.408 e. The zero-order chi connectivity index (χ0) is 21.0. The van der Waals surface area contributed by atoms with E-state index in [1.165, 1.54) is 16.8 Å². The molecule has 0 fully saturated rings. The van der Waals surface area contributed by atoms with Crippen LogP contribution in [0.3, 0.4) is 0 Å². The van der Waals surface area contributed by atoms with Crippen molar-refractivity contribution in [3.05, 3.63) is 41.8 Å². The molecule has 3 aromatic rings. The molecule has 0 radical (unpaired) electrons. The number of anilines is 1. The lowest BCUT2D eigenvalue weighted by Crippen LogP contribution is -2.34. The van der Waals surface area contributed by atoms with Crippen LogP contribution in [-0.2, 0) is 0 Å². The van der Waals surface area contributed by atoms with Gasteiger partial charge in [-0.2, -0.15) is 18.2 Å². The quantitative estimate of drug-likeness (QED) is 0.412. The van der Waals surface area contributed by atoms with Crippen LogP contribution in [0.1, 0.15) is 13.3 Å². The van der Waals surface area contributed by atoms with Crippen LogP contribution >= 0.6 is 11.6 Å². The third kappa shape index (κ3) is 4.91. The Balaban J connectivity index is 1.96. The molecule has 0 aliphatic carbocycles. The van der Waals surface area contributed by atoms with Gasteiger partial charge in [-0.3, -0.25) is 4.40 Å². The van der Waals surface area contributed by atoms with Crippen molar-refractivity contribution in [1.82, 2.24) is 19.7 Å². The molecule has 1 atom stereocenters. The number of hydrogen-bond acceptors (Lipinski definition) is 5. The fourth-order valence-electron chi connectivity index (χ4n) is 2.76. The van der Waals surface area contributed by atoms with Gasteiger partial charge in [-0.1, -0.05) is 23.7 Å². The molecule has 0 amide bonds. The van der Waals surface area contributed by atoms with Gasteiger partial charge < -0.3 is 15.4 Å². The van der Waals surface area contributed by atoms with Crippen molar-refractivity contribution in [1.29, 1.82) is 0 Å². The molecular weight excluding hydrogens is 407 g/mol. The fraction of sp³-hybridized carbons (Fsp3) is 0.368. The molecule has 2 heterocycles. The highest BCUT2D eigenvalue weighted by atomic mass is 35.5. The van der Waals surface area contributed by atoms with Gasteiger partial charge in [0.25, 0.3) is 0 Å². The summed E-state index contributed by atoms with van der Waals surface area (Å²) in [5, 5.41) is 5.62. The largest absolute Gasteiger partial charge is 0.494 e. The number of benzene rings is 1. The summed E-state index contributed by atoms with van der Waals surface area (Å²) in [7, 11) is 1.87. The lowest BCUT2D eigenvalue weighted by atomic mass is 10.1. The maximum absolute atomic E-state index is 13.2. The number of fused-ring (bicyclic) bond motifs is 1. The van der Waals surface area contributed by atoms with Crippen LogP contribution in [0, 0.1) is 0 Å². The molecule has 2 N–H and O–H groups in total. The minimum Gasteiger partial charge on any atom is -0.494 e. The third-order valence-electron chi connectivity index (χ3n) is 4.33. The number of ether oxygens (including phenoxy) is 1. The second kappa shape index (κ2) is 8.87. The van der Waals surface area contributed by atoms with Crippen LogP contribution in [0.25, 0.3) is 16.9 Å². The van der Waals surface area contributed by atoms with Gasteiger partial charge in [0, 0.05) is 12.4 Å². The topological polar surface area (TPSA) is 63.5 Å². The first-order valence-electron chi connectivity index (χ1n) is 9.05. The Bertz CT molecular complexity index is 959. The Labute approximate surface area is 171 Å². The van der Waals surface area contributed by atoms with E-state index in [2.05, 4.69) is 20.6 Å². The van der Waals surface area contributed by atoms with E-state index in [4.69, 9.17) is 16.3 Å². The van der Waals surface area contributed by atoms with E-state index in [1.807, 2.05) is 7.05 Å². The molecule has 6 nitrogen and oxygen atoms in total. The van der Waals surface area contributed by atoms with Crippen molar-refractivity contribution in [2.24, 2.45) is 0 Å². The number of halogens is 4. The molecule has 1 aromatic carbocycles. The van der Waals surface area contributed by atoms with Crippen LogP contribution in [0.4, 0.5) is 19.0 Å². The molecule has 0 bridgehead atoms. The average Bonchev–Trinajstić information content (AvgIpc) is 3.13. The van der Waals surface area contributed by atoms with Crippen LogP contribution < -0.4 is 15.4 Å². The van der Waals surface area contributed by atoms with Crippen LogP contribution in [0.15, 0.2) is 36.7 Å². The molecule has 156 valence electrons. The molecule has 0 saturated heterocycles. The lowest BCUT2D eigenvalue weighted by Gasteiger charge is -2.22.